The molecule has 0 bridgehead atoms. The predicted octanol–water partition coefficient (Wildman–Crippen LogP) is 5.60. The Morgan fingerprint density at radius 2 is 2.25 bits per heavy atom. The highest BCUT2D eigenvalue weighted by Gasteiger charge is 2.14. The second kappa shape index (κ2) is 8.94. The quantitative estimate of drug-likeness (QED) is 0.511. The summed E-state index contributed by atoms with van der Waals surface area (Å²) in [7, 11) is 0. The summed E-state index contributed by atoms with van der Waals surface area (Å²) < 4.78 is 0. The zero-order valence-electron chi connectivity index (χ0n) is 13.7. The molecule has 0 spiro atoms. The summed E-state index contributed by atoms with van der Waals surface area (Å²) in [5.74, 6) is 2.03. The summed E-state index contributed by atoms with van der Waals surface area (Å²) in [5.41, 5.74) is 2.56. The number of nitrogens with zero attached hydrogens (tertiary/aromatic N) is 1. The Hall–Kier alpha value is -1.11. The first-order valence-corrected chi connectivity index (χ1v) is 8.07. The van der Waals surface area contributed by atoms with Gasteiger partial charge in [0.05, 0.1) is 0 Å². The second-order valence-corrected chi connectivity index (χ2v) is 6.34. The molecule has 1 rings (SSSR count). The minimum absolute atomic E-state index is 0.567. The van der Waals surface area contributed by atoms with E-state index in [1.807, 2.05) is 6.08 Å². The Balaban J connectivity index is 2.54. The van der Waals surface area contributed by atoms with Gasteiger partial charge in [-0.1, -0.05) is 64.0 Å². The van der Waals surface area contributed by atoms with Crippen LogP contribution in [-0.4, -0.2) is 12.3 Å². The van der Waals surface area contributed by atoms with E-state index in [2.05, 4.69) is 52.5 Å². The second-order valence-electron chi connectivity index (χ2n) is 6.34. The fourth-order valence-electron chi connectivity index (χ4n) is 2.66. The molecule has 0 aliphatic heterocycles. The summed E-state index contributed by atoms with van der Waals surface area (Å²) in [6.07, 6.45) is 13.5. The molecule has 0 aromatic carbocycles. The van der Waals surface area contributed by atoms with Crippen LogP contribution in [0, 0.1) is 17.8 Å². The zero-order valence-corrected chi connectivity index (χ0v) is 13.7. The van der Waals surface area contributed by atoms with Crippen molar-refractivity contribution in [3.05, 3.63) is 36.5 Å². The van der Waals surface area contributed by atoms with Crippen molar-refractivity contribution < 1.29 is 0 Å². The van der Waals surface area contributed by atoms with Gasteiger partial charge in [-0.2, -0.15) is 0 Å². The van der Waals surface area contributed by atoms with Crippen molar-refractivity contribution in [3.63, 3.8) is 0 Å². The van der Waals surface area contributed by atoms with Crippen molar-refractivity contribution in [2.45, 2.75) is 53.4 Å². The lowest BCUT2D eigenvalue weighted by Gasteiger charge is -2.20. The van der Waals surface area contributed by atoms with Crippen molar-refractivity contribution in [2.24, 2.45) is 22.7 Å². The van der Waals surface area contributed by atoms with E-state index in [4.69, 9.17) is 4.99 Å². The number of hydrogen-bond acceptors (Lipinski definition) is 1. The largest absolute Gasteiger partial charge is 0.289 e. The van der Waals surface area contributed by atoms with Gasteiger partial charge in [0.2, 0.25) is 0 Å². The standard InChI is InChI=1S/C19H31N/c1-6-8-18(15(3)4)13-19(7-2)20-14-17-11-9-16(5)10-12-17/h7,9-11,15,17-18H,2,6,8,12-14H2,1,3-5H3. The molecule has 2 atom stereocenters. The van der Waals surface area contributed by atoms with Crippen LogP contribution in [0.1, 0.15) is 53.4 Å². The lowest BCUT2D eigenvalue weighted by atomic mass is 9.86. The smallest absolute Gasteiger partial charge is 0.0458 e. The maximum atomic E-state index is 4.81. The van der Waals surface area contributed by atoms with Gasteiger partial charge in [-0.15, -0.1) is 0 Å². The first-order valence-electron chi connectivity index (χ1n) is 8.07. The van der Waals surface area contributed by atoms with E-state index < -0.39 is 0 Å². The molecule has 0 heterocycles. The van der Waals surface area contributed by atoms with Crippen LogP contribution in [-0.2, 0) is 0 Å². The average molecular weight is 273 g/mol. The van der Waals surface area contributed by atoms with Crippen LogP contribution in [0.4, 0.5) is 0 Å². The van der Waals surface area contributed by atoms with Gasteiger partial charge < -0.3 is 0 Å². The molecule has 2 unspecified atom stereocenters. The maximum absolute atomic E-state index is 4.81. The molecular weight excluding hydrogens is 242 g/mol. The minimum Gasteiger partial charge on any atom is -0.289 e. The molecule has 1 aliphatic rings. The molecule has 0 radical (unpaired) electrons. The van der Waals surface area contributed by atoms with Gasteiger partial charge in [-0.25, -0.2) is 0 Å². The Kier molecular flexibility index (Phi) is 7.58. The monoisotopic (exact) mass is 273 g/mol. The van der Waals surface area contributed by atoms with Crippen LogP contribution in [0.25, 0.3) is 0 Å². The van der Waals surface area contributed by atoms with E-state index in [0.29, 0.717) is 5.92 Å². The van der Waals surface area contributed by atoms with Crippen molar-refractivity contribution in [3.8, 4) is 0 Å². The van der Waals surface area contributed by atoms with Crippen LogP contribution in [0.15, 0.2) is 41.4 Å². The Morgan fingerprint density at radius 1 is 1.50 bits per heavy atom. The molecule has 0 aromatic heterocycles. The van der Waals surface area contributed by atoms with Gasteiger partial charge in [0, 0.05) is 18.2 Å². The van der Waals surface area contributed by atoms with Crippen LogP contribution in [0.2, 0.25) is 0 Å². The molecular formula is C19H31N. The van der Waals surface area contributed by atoms with Crippen LogP contribution >= 0.6 is 0 Å². The lowest BCUT2D eigenvalue weighted by molar-refractivity contribution is 0.368. The summed E-state index contributed by atoms with van der Waals surface area (Å²) in [6, 6.07) is 0. The highest BCUT2D eigenvalue weighted by atomic mass is 14.7. The number of allylic oxidation sites excluding steroid dienone is 4. The molecule has 112 valence electrons. The fraction of sp³-hybridized carbons (Fsp3) is 0.632. The first kappa shape index (κ1) is 16.9. The summed E-state index contributed by atoms with van der Waals surface area (Å²) in [6.45, 7) is 13.9. The molecule has 20 heavy (non-hydrogen) atoms. The van der Waals surface area contributed by atoms with E-state index >= 15 is 0 Å². The maximum Gasteiger partial charge on any atom is 0.0458 e. The highest BCUT2D eigenvalue weighted by Crippen LogP contribution is 2.22. The third-order valence-corrected chi connectivity index (χ3v) is 4.21. The SMILES string of the molecule is C=CC(CC(CCC)C(C)C)=NCC1C=CC(C)=CC1. The van der Waals surface area contributed by atoms with Crippen LogP contribution in [0.5, 0.6) is 0 Å². The van der Waals surface area contributed by atoms with Gasteiger partial charge in [0.1, 0.15) is 0 Å². The van der Waals surface area contributed by atoms with Crippen molar-refractivity contribution in [1.82, 2.24) is 0 Å². The third kappa shape index (κ3) is 5.90. The van der Waals surface area contributed by atoms with E-state index in [9.17, 15) is 0 Å². The molecule has 0 saturated carbocycles. The van der Waals surface area contributed by atoms with Crippen LogP contribution < -0.4 is 0 Å². The molecule has 0 N–H and O–H groups in total. The molecule has 1 aliphatic carbocycles. The fourth-order valence-corrected chi connectivity index (χ4v) is 2.66. The van der Waals surface area contributed by atoms with Crippen molar-refractivity contribution in [1.29, 1.82) is 0 Å². The van der Waals surface area contributed by atoms with Crippen molar-refractivity contribution in [2.75, 3.05) is 6.54 Å². The van der Waals surface area contributed by atoms with Gasteiger partial charge in [0.25, 0.3) is 0 Å². The average Bonchev–Trinajstić information content (AvgIpc) is 2.43. The molecule has 1 nitrogen and oxygen atoms in total. The van der Waals surface area contributed by atoms with Gasteiger partial charge in [0.15, 0.2) is 0 Å². The predicted molar refractivity (Wildman–Crippen MR) is 91.4 cm³/mol. The number of aliphatic imine (C=N–C) groups is 1. The molecule has 0 amide bonds. The normalized spacial score (nSPS) is 20.9. The highest BCUT2D eigenvalue weighted by molar-refractivity contribution is 5.94. The minimum atomic E-state index is 0.567. The number of hydrogen-bond donors (Lipinski definition) is 0. The van der Waals surface area contributed by atoms with E-state index in [0.717, 1.165) is 31.2 Å². The van der Waals surface area contributed by atoms with Gasteiger partial charge in [-0.3, -0.25) is 4.99 Å². The third-order valence-electron chi connectivity index (χ3n) is 4.21. The van der Waals surface area contributed by atoms with E-state index in [1.165, 1.54) is 24.1 Å². The zero-order chi connectivity index (χ0) is 15.0. The summed E-state index contributed by atoms with van der Waals surface area (Å²) in [4.78, 5) is 4.81. The van der Waals surface area contributed by atoms with E-state index in [-0.39, 0.29) is 0 Å². The Labute approximate surface area is 125 Å². The summed E-state index contributed by atoms with van der Waals surface area (Å²) in [5, 5.41) is 0. The first-order chi connectivity index (χ1) is 9.56. The summed E-state index contributed by atoms with van der Waals surface area (Å²) >= 11 is 0. The van der Waals surface area contributed by atoms with Gasteiger partial charge >= 0.3 is 0 Å². The van der Waals surface area contributed by atoms with Gasteiger partial charge in [-0.05, 0) is 37.7 Å². The molecule has 0 fully saturated rings. The molecule has 1 heteroatoms. The Morgan fingerprint density at radius 3 is 2.75 bits per heavy atom. The topological polar surface area (TPSA) is 12.4 Å². The van der Waals surface area contributed by atoms with E-state index in [1.54, 1.807) is 0 Å². The van der Waals surface area contributed by atoms with Crippen molar-refractivity contribution >= 4 is 5.71 Å². The van der Waals surface area contributed by atoms with Crippen LogP contribution in [0.3, 0.4) is 0 Å². The lowest BCUT2D eigenvalue weighted by Crippen LogP contribution is -2.14. The molecule has 0 saturated heterocycles. The number of rotatable bonds is 8. The molecule has 0 aromatic rings. The Bertz CT molecular complexity index is 385.